The number of benzene rings is 2. The van der Waals surface area contributed by atoms with Crippen molar-refractivity contribution >= 4 is 11.7 Å². The Bertz CT molecular complexity index is 694. The van der Waals surface area contributed by atoms with Crippen LogP contribution in [0.5, 0.6) is 11.5 Å². The molecule has 0 saturated heterocycles. The van der Waals surface area contributed by atoms with Crippen molar-refractivity contribution in [3.05, 3.63) is 54.1 Å². The summed E-state index contributed by atoms with van der Waals surface area (Å²) < 4.78 is 11.1. The van der Waals surface area contributed by atoms with Crippen molar-refractivity contribution in [3.63, 3.8) is 0 Å². The van der Waals surface area contributed by atoms with E-state index in [2.05, 4.69) is 10.6 Å². The van der Waals surface area contributed by atoms with E-state index in [0.29, 0.717) is 12.6 Å². The predicted octanol–water partition coefficient (Wildman–Crippen LogP) is 4.34. The van der Waals surface area contributed by atoms with Gasteiger partial charge in [-0.15, -0.1) is 0 Å². The third kappa shape index (κ3) is 5.14. The smallest absolute Gasteiger partial charge is 0.319 e. The molecule has 1 aliphatic rings. The molecule has 3 rings (SSSR count). The van der Waals surface area contributed by atoms with Crippen LogP contribution in [0, 0.1) is 0 Å². The van der Waals surface area contributed by atoms with Crippen LogP contribution >= 0.6 is 0 Å². The second-order valence-corrected chi connectivity index (χ2v) is 6.21. The lowest BCUT2D eigenvalue weighted by Crippen LogP contribution is -2.28. The lowest BCUT2D eigenvalue weighted by atomic mass is 10.2. The summed E-state index contributed by atoms with van der Waals surface area (Å²) >= 11 is 0. The molecule has 0 aromatic heterocycles. The third-order valence-electron chi connectivity index (χ3n) is 4.30. The number of anilines is 1. The minimum Gasteiger partial charge on any atom is -0.497 e. The Kier molecular flexibility index (Phi) is 5.77. The summed E-state index contributed by atoms with van der Waals surface area (Å²) in [4.78, 5) is 12.0. The summed E-state index contributed by atoms with van der Waals surface area (Å²) in [7, 11) is 1.62. The van der Waals surface area contributed by atoms with Gasteiger partial charge in [-0.05, 0) is 67.6 Å². The Hall–Kier alpha value is -2.69. The van der Waals surface area contributed by atoms with E-state index in [-0.39, 0.29) is 6.03 Å². The van der Waals surface area contributed by atoms with Crippen molar-refractivity contribution in [3.8, 4) is 11.5 Å². The Morgan fingerprint density at radius 2 is 1.84 bits per heavy atom. The molecule has 2 N–H and O–H groups in total. The van der Waals surface area contributed by atoms with E-state index in [1.165, 1.54) is 12.8 Å². The van der Waals surface area contributed by atoms with E-state index in [0.717, 1.165) is 35.6 Å². The standard InChI is InChI=1S/C20H24N2O3/c1-24-19-8-4-5-15(13-19)14-21-20(23)22-16-9-11-18(12-10-16)25-17-6-2-3-7-17/h4-5,8-13,17H,2-3,6-7,14H2,1H3,(H2,21,22,23). The molecule has 1 aliphatic carbocycles. The molecule has 5 heteroatoms. The number of rotatable bonds is 6. The fourth-order valence-corrected chi connectivity index (χ4v) is 2.96. The lowest BCUT2D eigenvalue weighted by molar-refractivity contribution is 0.210. The van der Waals surface area contributed by atoms with Crippen molar-refractivity contribution < 1.29 is 14.3 Å². The van der Waals surface area contributed by atoms with Crippen molar-refractivity contribution in [1.29, 1.82) is 0 Å². The molecular weight excluding hydrogens is 316 g/mol. The molecule has 5 nitrogen and oxygen atoms in total. The van der Waals surface area contributed by atoms with Gasteiger partial charge >= 0.3 is 6.03 Å². The topological polar surface area (TPSA) is 59.6 Å². The first-order valence-corrected chi connectivity index (χ1v) is 8.67. The lowest BCUT2D eigenvalue weighted by Gasteiger charge is -2.13. The van der Waals surface area contributed by atoms with Gasteiger partial charge in [-0.25, -0.2) is 4.79 Å². The maximum Gasteiger partial charge on any atom is 0.319 e. The first-order valence-electron chi connectivity index (χ1n) is 8.67. The summed E-state index contributed by atoms with van der Waals surface area (Å²) in [6.07, 6.45) is 5.10. The van der Waals surface area contributed by atoms with E-state index in [9.17, 15) is 4.79 Å². The van der Waals surface area contributed by atoms with Gasteiger partial charge in [0.25, 0.3) is 0 Å². The number of carbonyl (C=O) groups excluding carboxylic acids is 1. The average molecular weight is 340 g/mol. The van der Waals surface area contributed by atoms with E-state index in [4.69, 9.17) is 9.47 Å². The molecule has 2 amide bonds. The van der Waals surface area contributed by atoms with Crippen LogP contribution in [0.25, 0.3) is 0 Å². The zero-order valence-electron chi connectivity index (χ0n) is 14.5. The Morgan fingerprint density at radius 3 is 2.56 bits per heavy atom. The zero-order valence-corrected chi connectivity index (χ0v) is 14.5. The Balaban J connectivity index is 1.47. The van der Waals surface area contributed by atoms with Gasteiger partial charge in [-0.2, -0.15) is 0 Å². The van der Waals surface area contributed by atoms with Crippen LogP contribution in [0.15, 0.2) is 48.5 Å². The number of ether oxygens (including phenoxy) is 2. The van der Waals surface area contributed by atoms with Gasteiger partial charge in [0.05, 0.1) is 13.2 Å². The predicted molar refractivity (Wildman–Crippen MR) is 98.2 cm³/mol. The fourth-order valence-electron chi connectivity index (χ4n) is 2.96. The monoisotopic (exact) mass is 340 g/mol. The highest BCUT2D eigenvalue weighted by Crippen LogP contribution is 2.25. The molecule has 0 heterocycles. The van der Waals surface area contributed by atoms with Crippen molar-refractivity contribution in [2.24, 2.45) is 0 Å². The number of methoxy groups -OCH3 is 1. The first kappa shape index (κ1) is 17.1. The zero-order chi connectivity index (χ0) is 17.5. The average Bonchev–Trinajstić information content (AvgIpc) is 3.15. The Morgan fingerprint density at radius 1 is 1.08 bits per heavy atom. The van der Waals surface area contributed by atoms with E-state index >= 15 is 0 Å². The molecule has 0 radical (unpaired) electrons. The molecule has 0 unspecified atom stereocenters. The van der Waals surface area contributed by atoms with Gasteiger partial charge < -0.3 is 20.1 Å². The van der Waals surface area contributed by atoms with Gasteiger partial charge in [0.1, 0.15) is 11.5 Å². The SMILES string of the molecule is COc1cccc(CNC(=O)Nc2ccc(OC3CCCC3)cc2)c1. The molecule has 25 heavy (non-hydrogen) atoms. The second kappa shape index (κ2) is 8.42. The molecule has 0 spiro atoms. The summed E-state index contributed by atoms with van der Waals surface area (Å²) in [5.41, 5.74) is 1.72. The van der Waals surface area contributed by atoms with Crippen molar-refractivity contribution in [2.45, 2.75) is 38.3 Å². The minimum atomic E-state index is -0.243. The molecular formula is C20H24N2O3. The maximum absolute atomic E-state index is 12.0. The minimum absolute atomic E-state index is 0.243. The molecule has 1 fully saturated rings. The Labute approximate surface area is 148 Å². The molecule has 0 bridgehead atoms. The van der Waals surface area contributed by atoms with Crippen LogP contribution < -0.4 is 20.1 Å². The molecule has 1 saturated carbocycles. The normalized spacial score (nSPS) is 14.1. The van der Waals surface area contributed by atoms with Crippen molar-refractivity contribution in [2.75, 3.05) is 12.4 Å². The van der Waals surface area contributed by atoms with Crippen LogP contribution in [0.3, 0.4) is 0 Å². The van der Waals surface area contributed by atoms with E-state index < -0.39 is 0 Å². The van der Waals surface area contributed by atoms with Crippen LogP contribution in [0.1, 0.15) is 31.2 Å². The summed E-state index contributed by atoms with van der Waals surface area (Å²) in [6, 6.07) is 14.9. The highest BCUT2D eigenvalue weighted by molar-refractivity contribution is 5.89. The van der Waals surface area contributed by atoms with Crippen LogP contribution in [0.4, 0.5) is 10.5 Å². The highest BCUT2D eigenvalue weighted by Gasteiger charge is 2.16. The van der Waals surface area contributed by atoms with Crippen LogP contribution in [-0.4, -0.2) is 19.2 Å². The number of amides is 2. The molecule has 2 aromatic rings. The molecule has 0 atom stereocenters. The highest BCUT2D eigenvalue weighted by atomic mass is 16.5. The van der Waals surface area contributed by atoms with Gasteiger partial charge in [0.2, 0.25) is 0 Å². The quantitative estimate of drug-likeness (QED) is 0.822. The van der Waals surface area contributed by atoms with Gasteiger partial charge in [-0.1, -0.05) is 12.1 Å². The number of carbonyl (C=O) groups is 1. The molecule has 132 valence electrons. The largest absolute Gasteiger partial charge is 0.497 e. The summed E-state index contributed by atoms with van der Waals surface area (Å²) in [6.45, 7) is 0.436. The van der Waals surface area contributed by atoms with E-state index in [1.54, 1.807) is 7.11 Å². The molecule has 2 aromatic carbocycles. The number of hydrogen-bond acceptors (Lipinski definition) is 3. The van der Waals surface area contributed by atoms with Gasteiger partial charge in [0, 0.05) is 12.2 Å². The number of urea groups is 1. The second-order valence-electron chi connectivity index (χ2n) is 6.21. The van der Waals surface area contributed by atoms with Crippen LogP contribution in [-0.2, 0) is 6.54 Å². The fraction of sp³-hybridized carbons (Fsp3) is 0.350. The van der Waals surface area contributed by atoms with Crippen molar-refractivity contribution in [1.82, 2.24) is 5.32 Å². The first-order chi connectivity index (χ1) is 12.2. The molecule has 0 aliphatic heterocycles. The van der Waals surface area contributed by atoms with E-state index in [1.807, 2.05) is 48.5 Å². The van der Waals surface area contributed by atoms with Crippen LogP contribution in [0.2, 0.25) is 0 Å². The van der Waals surface area contributed by atoms with Gasteiger partial charge in [-0.3, -0.25) is 0 Å². The third-order valence-corrected chi connectivity index (χ3v) is 4.30. The summed E-state index contributed by atoms with van der Waals surface area (Å²) in [5, 5.41) is 5.66. The summed E-state index contributed by atoms with van der Waals surface area (Å²) in [5.74, 6) is 1.63. The number of nitrogens with one attached hydrogen (secondary N) is 2. The maximum atomic E-state index is 12.0. The number of hydrogen-bond donors (Lipinski definition) is 2. The van der Waals surface area contributed by atoms with Gasteiger partial charge in [0.15, 0.2) is 0 Å².